The molecule has 98 valence electrons. The van der Waals surface area contributed by atoms with Gasteiger partial charge in [-0.2, -0.15) is 0 Å². The highest BCUT2D eigenvalue weighted by molar-refractivity contribution is 6.36. The fourth-order valence-electron chi connectivity index (χ4n) is 2.28. The predicted octanol–water partition coefficient (Wildman–Crippen LogP) is 2.98. The molecule has 3 nitrogen and oxygen atoms in total. The van der Waals surface area contributed by atoms with Crippen LogP contribution in [-0.2, 0) is 0 Å². The fraction of sp³-hybridized carbons (Fsp3) is 0.462. The zero-order chi connectivity index (χ0) is 13.1. The van der Waals surface area contributed by atoms with E-state index in [9.17, 15) is 9.90 Å². The van der Waals surface area contributed by atoms with E-state index in [1.165, 1.54) is 0 Å². The standard InChI is InChI=1S/C13H15Cl2NO2/c14-9-4-5-11(12(15)7-9)13(18)16-6-2-1-3-10(16)8-17/h4-5,7,10,17H,1-3,6,8H2. The molecule has 1 aliphatic heterocycles. The van der Waals surface area contributed by atoms with E-state index in [1.807, 2.05) is 0 Å². The zero-order valence-electron chi connectivity index (χ0n) is 9.90. The van der Waals surface area contributed by atoms with Crippen LogP contribution in [0.3, 0.4) is 0 Å². The van der Waals surface area contributed by atoms with Crippen LogP contribution in [0.1, 0.15) is 29.6 Å². The summed E-state index contributed by atoms with van der Waals surface area (Å²) < 4.78 is 0. The summed E-state index contributed by atoms with van der Waals surface area (Å²) in [6.07, 6.45) is 2.85. The molecule has 1 unspecified atom stereocenters. The number of amides is 1. The molecule has 1 aromatic carbocycles. The van der Waals surface area contributed by atoms with Gasteiger partial charge in [0.05, 0.1) is 23.2 Å². The number of hydrogen-bond acceptors (Lipinski definition) is 2. The second-order valence-electron chi connectivity index (χ2n) is 4.45. The van der Waals surface area contributed by atoms with Gasteiger partial charge in [-0.1, -0.05) is 23.2 Å². The lowest BCUT2D eigenvalue weighted by Crippen LogP contribution is -2.45. The number of aliphatic hydroxyl groups excluding tert-OH is 1. The van der Waals surface area contributed by atoms with Crippen LogP contribution in [0.15, 0.2) is 18.2 Å². The van der Waals surface area contributed by atoms with Crippen molar-refractivity contribution in [3.8, 4) is 0 Å². The molecule has 0 bridgehead atoms. The molecule has 1 aliphatic rings. The molecule has 1 atom stereocenters. The zero-order valence-corrected chi connectivity index (χ0v) is 11.4. The van der Waals surface area contributed by atoms with Crippen molar-refractivity contribution < 1.29 is 9.90 Å². The Morgan fingerprint density at radius 3 is 2.83 bits per heavy atom. The Balaban J connectivity index is 2.24. The first kappa shape index (κ1) is 13.7. The van der Waals surface area contributed by atoms with E-state index >= 15 is 0 Å². The summed E-state index contributed by atoms with van der Waals surface area (Å²) >= 11 is 11.9. The number of carbonyl (C=O) groups is 1. The minimum atomic E-state index is -0.129. The Bertz CT molecular complexity index is 451. The van der Waals surface area contributed by atoms with Crippen molar-refractivity contribution in [2.75, 3.05) is 13.2 Å². The van der Waals surface area contributed by atoms with Crippen molar-refractivity contribution in [2.45, 2.75) is 25.3 Å². The first-order valence-electron chi connectivity index (χ1n) is 6.00. The number of nitrogens with zero attached hydrogens (tertiary/aromatic N) is 1. The highest BCUT2D eigenvalue weighted by atomic mass is 35.5. The van der Waals surface area contributed by atoms with Crippen LogP contribution in [0.5, 0.6) is 0 Å². The second kappa shape index (κ2) is 5.91. The van der Waals surface area contributed by atoms with Crippen LogP contribution < -0.4 is 0 Å². The molecule has 1 amide bonds. The van der Waals surface area contributed by atoms with Crippen molar-refractivity contribution in [2.24, 2.45) is 0 Å². The Morgan fingerprint density at radius 1 is 1.39 bits per heavy atom. The van der Waals surface area contributed by atoms with Crippen LogP contribution in [0, 0.1) is 0 Å². The van der Waals surface area contributed by atoms with Gasteiger partial charge in [-0.3, -0.25) is 4.79 Å². The quantitative estimate of drug-likeness (QED) is 0.909. The molecule has 0 spiro atoms. The maximum atomic E-state index is 12.4. The third kappa shape index (κ3) is 2.79. The van der Waals surface area contributed by atoms with Crippen LogP contribution in [0.4, 0.5) is 0 Å². The van der Waals surface area contributed by atoms with Gasteiger partial charge in [0, 0.05) is 11.6 Å². The smallest absolute Gasteiger partial charge is 0.255 e. The number of rotatable bonds is 2. The van der Waals surface area contributed by atoms with Gasteiger partial charge in [-0.05, 0) is 37.5 Å². The number of piperidine rings is 1. The normalized spacial score (nSPS) is 19.9. The third-order valence-corrected chi connectivity index (χ3v) is 3.81. The van der Waals surface area contributed by atoms with E-state index in [4.69, 9.17) is 23.2 Å². The number of hydrogen-bond donors (Lipinski definition) is 1. The van der Waals surface area contributed by atoms with Crippen molar-refractivity contribution in [3.63, 3.8) is 0 Å². The molecule has 1 aromatic rings. The number of halogens is 2. The van der Waals surface area contributed by atoms with Gasteiger partial charge < -0.3 is 10.0 Å². The Hall–Kier alpha value is -0.770. The summed E-state index contributed by atoms with van der Waals surface area (Å²) in [5.41, 5.74) is 0.446. The van der Waals surface area contributed by atoms with E-state index in [1.54, 1.807) is 23.1 Å². The van der Waals surface area contributed by atoms with E-state index in [0.717, 1.165) is 19.3 Å². The van der Waals surface area contributed by atoms with Gasteiger partial charge in [0.2, 0.25) is 0 Å². The van der Waals surface area contributed by atoms with Crippen LogP contribution in [0.2, 0.25) is 10.0 Å². The molecule has 2 rings (SSSR count). The van der Waals surface area contributed by atoms with Gasteiger partial charge >= 0.3 is 0 Å². The summed E-state index contributed by atoms with van der Waals surface area (Å²) in [6, 6.07) is 4.75. The SMILES string of the molecule is O=C(c1ccc(Cl)cc1Cl)N1CCCCC1CO. The Labute approximate surface area is 116 Å². The molecule has 1 N–H and O–H groups in total. The molecular formula is C13H15Cl2NO2. The molecule has 0 aliphatic carbocycles. The molecule has 5 heteroatoms. The molecule has 0 radical (unpaired) electrons. The van der Waals surface area contributed by atoms with Crippen molar-refractivity contribution in [1.82, 2.24) is 4.90 Å². The van der Waals surface area contributed by atoms with Gasteiger partial charge in [0.25, 0.3) is 5.91 Å². The lowest BCUT2D eigenvalue weighted by molar-refractivity contribution is 0.0503. The number of aliphatic hydroxyl groups is 1. The molecular weight excluding hydrogens is 273 g/mol. The van der Waals surface area contributed by atoms with Crippen LogP contribution in [0.25, 0.3) is 0 Å². The number of likely N-dealkylation sites (tertiary alicyclic amines) is 1. The molecule has 1 heterocycles. The fourth-order valence-corrected chi connectivity index (χ4v) is 2.76. The molecule has 18 heavy (non-hydrogen) atoms. The lowest BCUT2D eigenvalue weighted by Gasteiger charge is -2.34. The minimum Gasteiger partial charge on any atom is -0.394 e. The minimum absolute atomic E-state index is 0.00303. The number of benzene rings is 1. The number of carbonyl (C=O) groups excluding carboxylic acids is 1. The average Bonchev–Trinajstić information content (AvgIpc) is 2.38. The topological polar surface area (TPSA) is 40.5 Å². The summed E-state index contributed by atoms with van der Waals surface area (Å²) in [7, 11) is 0. The first-order chi connectivity index (χ1) is 8.63. The largest absolute Gasteiger partial charge is 0.394 e. The monoisotopic (exact) mass is 287 g/mol. The summed E-state index contributed by atoms with van der Waals surface area (Å²) in [5, 5.41) is 10.2. The molecule has 0 aromatic heterocycles. The molecule has 0 saturated carbocycles. The average molecular weight is 288 g/mol. The van der Waals surface area contributed by atoms with E-state index in [2.05, 4.69) is 0 Å². The third-order valence-electron chi connectivity index (χ3n) is 3.26. The Morgan fingerprint density at radius 2 is 2.17 bits per heavy atom. The van der Waals surface area contributed by atoms with Gasteiger partial charge in [0.15, 0.2) is 0 Å². The molecule has 1 fully saturated rings. The van der Waals surface area contributed by atoms with Crippen LogP contribution in [-0.4, -0.2) is 35.1 Å². The van der Waals surface area contributed by atoms with E-state index < -0.39 is 0 Å². The van der Waals surface area contributed by atoms with Crippen molar-refractivity contribution >= 4 is 29.1 Å². The van der Waals surface area contributed by atoms with E-state index in [0.29, 0.717) is 22.2 Å². The van der Waals surface area contributed by atoms with Gasteiger partial charge in [-0.25, -0.2) is 0 Å². The van der Waals surface area contributed by atoms with Crippen molar-refractivity contribution in [3.05, 3.63) is 33.8 Å². The van der Waals surface area contributed by atoms with E-state index in [-0.39, 0.29) is 18.6 Å². The Kier molecular flexibility index (Phi) is 4.49. The highest BCUT2D eigenvalue weighted by Gasteiger charge is 2.27. The van der Waals surface area contributed by atoms with Gasteiger partial charge in [-0.15, -0.1) is 0 Å². The highest BCUT2D eigenvalue weighted by Crippen LogP contribution is 2.25. The lowest BCUT2D eigenvalue weighted by atomic mass is 10.0. The van der Waals surface area contributed by atoms with Crippen LogP contribution >= 0.6 is 23.2 Å². The summed E-state index contributed by atoms with van der Waals surface area (Å²) in [5.74, 6) is -0.129. The summed E-state index contributed by atoms with van der Waals surface area (Å²) in [4.78, 5) is 14.1. The predicted molar refractivity (Wildman–Crippen MR) is 72.2 cm³/mol. The van der Waals surface area contributed by atoms with Crippen molar-refractivity contribution in [1.29, 1.82) is 0 Å². The summed E-state index contributed by atoms with van der Waals surface area (Å²) in [6.45, 7) is 0.667. The van der Waals surface area contributed by atoms with Gasteiger partial charge in [0.1, 0.15) is 0 Å². The first-order valence-corrected chi connectivity index (χ1v) is 6.76. The maximum Gasteiger partial charge on any atom is 0.255 e. The second-order valence-corrected chi connectivity index (χ2v) is 5.30. The maximum absolute atomic E-state index is 12.4. The molecule has 1 saturated heterocycles.